The van der Waals surface area contributed by atoms with Gasteiger partial charge in [0.15, 0.2) is 0 Å². The van der Waals surface area contributed by atoms with Gasteiger partial charge in [-0.2, -0.15) is 0 Å². The van der Waals surface area contributed by atoms with Gasteiger partial charge >= 0.3 is 0 Å². The summed E-state index contributed by atoms with van der Waals surface area (Å²) in [5.74, 6) is -0.208. The molecular formula is C17H19ClN2O4S. The van der Waals surface area contributed by atoms with Gasteiger partial charge in [-0.15, -0.1) is 0 Å². The largest absolute Gasteiger partial charge is 0.495 e. The Morgan fingerprint density at radius 2 is 1.84 bits per heavy atom. The highest BCUT2D eigenvalue weighted by Crippen LogP contribution is 2.24. The first-order valence-electron chi connectivity index (χ1n) is 7.57. The summed E-state index contributed by atoms with van der Waals surface area (Å²) >= 11 is 5.82. The molecule has 0 aliphatic heterocycles. The number of benzene rings is 2. The molecule has 0 aliphatic carbocycles. The summed E-state index contributed by atoms with van der Waals surface area (Å²) in [6, 6.07) is 11.3. The summed E-state index contributed by atoms with van der Waals surface area (Å²) < 4.78 is 32.0. The van der Waals surface area contributed by atoms with Gasteiger partial charge in [0.05, 0.1) is 7.11 Å². The van der Waals surface area contributed by atoms with Crippen LogP contribution in [0.3, 0.4) is 0 Å². The SMILES string of the molecule is CCNS(=O)(=O)c1cc(C(=O)NCc2ccc(Cl)cc2)ccc1OC. The van der Waals surface area contributed by atoms with Crippen LogP contribution in [-0.2, 0) is 16.6 Å². The second-order valence-electron chi connectivity index (χ2n) is 5.18. The lowest BCUT2D eigenvalue weighted by molar-refractivity contribution is 0.0950. The first-order chi connectivity index (χ1) is 11.9. The molecule has 2 N–H and O–H groups in total. The van der Waals surface area contributed by atoms with E-state index in [4.69, 9.17) is 16.3 Å². The summed E-state index contributed by atoms with van der Waals surface area (Å²) in [6.07, 6.45) is 0. The highest BCUT2D eigenvalue weighted by molar-refractivity contribution is 7.89. The zero-order chi connectivity index (χ0) is 18.4. The Bertz CT molecular complexity index is 851. The molecule has 0 aromatic heterocycles. The fraction of sp³-hybridized carbons (Fsp3) is 0.235. The number of methoxy groups -OCH3 is 1. The van der Waals surface area contributed by atoms with E-state index in [1.165, 1.54) is 25.3 Å². The van der Waals surface area contributed by atoms with Crippen LogP contribution in [0.1, 0.15) is 22.8 Å². The molecule has 1 amide bonds. The summed E-state index contributed by atoms with van der Waals surface area (Å²) in [4.78, 5) is 12.3. The van der Waals surface area contributed by atoms with E-state index in [0.717, 1.165) is 5.56 Å². The molecule has 0 aliphatic rings. The molecule has 0 fully saturated rings. The molecule has 2 rings (SSSR count). The smallest absolute Gasteiger partial charge is 0.251 e. The Balaban J connectivity index is 2.21. The van der Waals surface area contributed by atoms with Crippen molar-refractivity contribution in [3.8, 4) is 5.75 Å². The fourth-order valence-corrected chi connectivity index (χ4v) is 3.54. The van der Waals surface area contributed by atoms with Crippen molar-refractivity contribution in [1.82, 2.24) is 10.0 Å². The zero-order valence-corrected chi connectivity index (χ0v) is 15.4. The van der Waals surface area contributed by atoms with Crippen LogP contribution < -0.4 is 14.8 Å². The number of rotatable bonds is 7. The van der Waals surface area contributed by atoms with Crippen molar-refractivity contribution in [3.63, 3.8) is 0 Å². The standard InChI is InChI=1S/C17H19ClN2O4S/c1-3-20-25(22,23)16-10-13(6-9-15(16)24-2)17(21)19-11-12-4-7-14(18)8-5-12/h4-10,20H,3,11H2,1-2H3,(H,19,21). The van der Waals surface area contributed by atoms with Crippen LogP contribution in [0, 0.1) is 0 Å². The molecule has 0 unspecified atom stereocenters. The molecule has 8 heteroatoms. The first kappa shape index (κ1) is 19.2. The van der Waals surface area contributed by atoms with Gasteiger partial charge in [-0.25, -0.2) is 13.1 Å². The number of amides is 1. The molecule has 2 aromatic rings. The van der Waals surface area contributed by atoms with E-state index in [2.05, 4.69) is 10.0 Å². The number of nitrogens with one attached hydrogen (secondary N) is 2. The normalized spacial score (nSPS) is 11.2. The molecule has 0 atom stereocenters. The third-order valence-corrected chi connectivity index (χ3v) is 5.23. The lowest BCUT2D eigenvalue weighted by Crippen LogP contribution is -2.26. The quantitative estimate of drug-likeness (QED) is 0.770. The maximum absolute atomic E-state index is 12.3. The fourth-order valence-electron chi connectivity index (χ4n) is 2.18. The van der Waals surface area contributed by atoms with Crippen molar-refractivity contribution in [3.05, 3.63) is 58.6 Å². The van der Waals surface area contributed by atoms with Gasteiger partial charge in [0.1, 0.15) is 10.6 Å². The predicted octanol–water partition coefficient (Wildman–Crippen LogP) is 2.58. The van der Waals surface area contributed by atoms with E-state index in [1.807, 2.05) is 0 Å². The molecule has 25 heavy (non-hydrogen) atoms. The maximum atomic E-state index is 12.3. The van der Waals surface area contributed by atoms with Crippen molar-refractivity contribution in [2.75, 3.05) is 13.7 Å². The topological polar surface area (TPSA) is 84.5 Å². The number of ether oxygens (including phenoxy) is 1. The van der Waals surface area contributed by atoms with Crippen molar-refractivity contribution >= 4 is 27.5 Å². The lowest BCUT2D eigenvalue weighted by Gasteiger charge is -2.12. The number of halogens is 1. The summed E-state index contributed by atoms with van der Waals surface area (Å²) in [5, 5.41) is 3.36. The Morgan fingerprint density at radius 1 is 1.16 bits per heavy atom. The zero-order valence-electron chi connectivity index (χ0n) is 13.9. The molecule has 0 bridgehead atoms. The Hall–Kier alpha value is -2.09. The Morgan fingerprint density at radius 3 is 2.44 bits per heavy atom. The number of carbonyl (C=O) groups is 1. The van der Waals surface area contributed by atoms with Gasteiger partial charge in [-0.05, 0) is 35.9 Å². The Labute approximate surface area is 152 Å². The van der Waals surface area contributed by atoms with E-state index in [9.17, 15) is 13.2 Å². The van der Waals surface area contributed by atoms with E-state index >= 15 is 0 Å². The molecule has 134 valence electrons. The predicted molar refractivity (Wildman–Crippen MR) is 96.5 cm³/mol. The molecule has 0 heterocycles. The lowest BCUT2D eigenvalue weighted by atomic mass is 10.2. The van der Waals surface area contributed by atoms with Crippen molar-refractivity contribution < 1.29 is 17.9 Å². The average Bonchev–Trinajstić information content (AvgIpc) is 2.60. The summed E-state index contributed by atoms with van der Waals surface area (Å²) in [7, 11) is -2.38. The van der Waals surface area contributed by atoms with Crippen LogP contribution in [0.2, 0.25) is 5.02 Å². The third-order valence-electron chi connectivity index (χ3n) is 3.42. The van der Waals surface area contributed by atoms with Crippen LogP contribution in [0.25, 0.3) is 0 Å². The molecule has 6 nitrogen and oxygen atoms in total. The number of sulfonamides is 1. The van der Waals surface area contributed by atoms with Crippen molar-refractivity contribution in [2.24, 2.45) is 0 Å². The number of carbonyl (C=O) groups excluding carboxylic acids is 1. The molecule has 0 radical (unpaired) electrons. The maximum Gasteiger partial charge on any atom is 0.251 e. The van der Waals surface area contributed by atoms with Crippen molar-refractivity contribution in [1.29, 1.82) is 0 Å². The van der Waals surface area contributed by atoms with Gasteiger partial charge in [-0.3, -0.25) is 4.79 Å². The van der Waals surface area contributed by atoms with E-state index < -0.39 is 10.0 Å². The van der Waals surface area contributed by atoms with Crippen LogP contribution in [0.5, 0.6) is 5.75 Å². The summed E-state index contributed by atoms with van der Waals surface area (Å²) in [6.45, 7) is 2.21. The molecule has 0 saturated heterocycles. The summed E-state index contributed by atoms with van der Waals surface area (Å²) in [5.41, 5.74) is 1.11. The highest BCUT2D eigenvalue weighted by Gasteiger charge is 2.20. The van der Waals surface area contributed by atoms with E-state index in [1.54, 1.807) is 31.2 Å². The van der Waals surface area contributed by atoms with Gasteiger partial charge in [0, 0.05) is 23.7 Å². The van der Waals surface area contributed by atoms with Crippen molar-refractivity contribution in [2.45, 2.75) is 18.4 Å². The number of hydrogen-bond acceptors (Lipinski definition) is 4. The highest BCUT2D eigenvalue weighted by atomic mass is 35.5. The van der Waals surface area contributed by atoms with Gasteiger partial charge in [-0.1, -0.05) is 30.7 Å². The Kier molecular flexibility index (Phi) is 6.41. The minimum absolute atomic E-state index is 0.0732. The van der Waals surface area contributed by atoms with Gasteiger partial charge < -0.3 is 10.1 Å². The van der Waals surface area contributed by atoms with E-state index in [0.29, 0.717) is 11.6 Å². The molecule has 0 spiro atoms. The van der Waals surface area contributed by atoms with Crippen LogP contribution in [-0.4, -0.2) is 28.0 Å². The average molecular weight is 383 g/mol. The minimum atomic E-state index is -3.75. The molecule has 0 saturated carbocycles. The van der Waals surface area contributed by atoms with Crippen LogP contribution in [0.4, 0.5) is 0 Å². The third kappa shape index (κ3) is 4.94. The first-order valence-corrected chi connectivity index (χ1v) is 9.44. The van der Waals surface area contributed by atoms with Gasteiger partial charge in [0.2, 0.25) is 10.0 Å². The second-order valence-corrected chi connectivity index (χ2v) is 7.35. The van der Waals surface area contributed by atoms with Gasteiger partial charge in [0.25, 0.3) is 5.91 Å². The monoisotopic (exact) mass is 382 g/mol. The second kappa shape index (κ2) is 8.33. The minimum Gasteiger partial charge on any atom is -0.495 e. The number of hydrogen-bond donors (Lipinski definition) is 2. The van der Waals surface area contributed by atoms with E-state index in [-0.39, 0.29) is 28.7 Å². The van der Waals surface area contributed by atoms with Crippen LogP contribution >= 0.6 is 11.6 Å². The molecule has 2 aromatic carbocycles. The van der Waals surface area contributed by atoms with Crippen LogP contribution in [0.15, 0.2) is 47.4 Å². The molecular weight excluding hydrogens is 364 g/mol.